The molecule has 1 aliphatic heterocycles. The fraction of sp³-hybridized carbons (Fsp3) is 0.435. The molecule has 1 aliphatic rings. The van der Waals surface area contributed by atoms with Gasteiger partial charge in [0.2, 0.25) is 10.0 Å². The van der Waals surface area contributed by atoms with Gasteiger partial charge in [0.15, 0.2) is 6.10 Å². The summed E-state index contributed by atoms with van der Waals surface area (Å²) in [7, 11) is -3.50. The van der Waals surface area contributed by atoms with Crippen molar-refractivity contribution in [1.82, 2.24) is 5.32 Å². The highest BCUT2D eigenvalue weighted by atomic mass is 32.2. The average Bonchev–Trinajstić information content (AvgIpc) is 2.76. The molecular weight excluding hydrogens is 400 g/mol. The van der Waals surface area contributed by atoms with Crippen LogP contribution in [-0.2, 0) is 21.2 Å². The van der Waals surface area contributed by atoms with Crippen molar-refractivity contribution in [3.05, 3.63) is 59.7 Å². The number of nitrogens with zero attached hydrogens (tertiary/aromatic N) is 1. The fourth-order valence-corrected chi connectivity index (χ4v) is 4.57. The molecule has 7 heteroatoms. The van der Waals surface area contributed by atoms with Gasteiger partial charge in [-0.2, -0.15) is 0 Å². The lowest BCUT2D eigenvalue weighted by molar-refractivity contribution is -0.127. The number of nitrogens with one attached hydrogen (secondary N) is 1. The molecule has 1 N–H and O–H groups in total. The second kappa shape index (κ2) is 9.51. The zero-order chi connectivity index (χ0) is 21.7. The predicted molar refractivity (Wildman–Crippen MR) is 120 cm³/mol. The van der Waals surface area contributed by atoms with E-state index in [1.807, 2.05) is 0 Å². The number of para-hydroxylation sites is 2. The Balaban J connectivity index is 1.56. The lowest BCUT2D eigenvalue weighted by Gasteiger charge is -2.34. The Morgan fingerprint density at radius 1 is 1.17 bits per heavy atom. The van der Waals surface area contributed by atoms with Gasteiger partial charge in [-0.15, -0.1) is 0 Å². The van der Waals surface area contributed by atoms with Gasteiger partial charge in [0.1, 0.15) is 5.75 Å². The molecule has 1 amide bonds. The van der Waals surface area contributed by atoms with Crippen molar-refractivity contribution in [3.8, 4) is 5.75 Å². The Morgan fingerprint density at radius 3 is 2.53 bits per heavy atom. The zero-order valence-corrected chi connectivity index (χ0v) is 18.6. The van der Waals surface area contributed by atoms with Crippen LogP contribution >= 0.6 is 0 Å². The number of anilines is 1. The smallest absolute Gasteiger partial charge is 0.263 e. The molecular formula is C23H30N2O4S. The number of sulfonamides is 1. The van der Waals surface area contributed by atoms with Gasteiger partial charge < -0.3 is 10.1 Å². The number of hydrogen-bond acceptors (Lipinski definition) is 4. The van der Waals surface area contributed by atoms with E-state index >= 15 is 0 Å². The Hall–Kier alpha value is -2.54. The molecule has 0 saturated heterocycles. The first-order valence-corrected chi connectivity index (χ1v) is 12.1. The standard InChI is InChI=1S/C23H30N2O4S/c1-4-30(27,28)25-16-22(29-21-10-6-5-9-20(21)25)23(26)24-15-7-8-18-11-13-19(14-12-18)17(2)3/h5-6,9-14,17,22H,4,7-8,15-16H2,1-3H3,(H,24,26)/t22-/m1/s1. The van der Waals surface area contributed by atoms with Gasteiger partial charge in [0, 0.05) is 6.54 Å². The molecule has 0 bridgehead atoms. The molecule has 162 valence electrons. The molecule has 0 aliphatic carbocycles. The van der Waals surface area contributed by atoms with E-state index in [0.717, 1.165) is 12.8 Å². The first-order valence-electron chi connectivity index (χ1n) is 10.4. The van der Waals surface area contributed by atoms with Crippen molar-refractivity contribution in [2.75, 3.05) is 23.1 Å². The van der Waals surface area contributed by atoms with Crippen LogP contribution in [0.25, 0.3) is 0 Å². The summed E-state index contributed by atoms with van der Waals surface area (Å²) in [6.07, 6.45) is 0.794. The lowest BCUT2D eigenvalue weighted by atomic mass is 10.0. The van der Waals surface area contributed by atoms with Crippen molar-refractivity contribution in [3.63, 3.8) is 0 Å². The number of fused-ring (bicyclic) bond motifs is 1. The van der Waals surface area contributed by atoms with Gasteiger partial charge in [-0.25, -0.2) is 8.42 Å². The molecule has 0 fully saturated rings. The minimum atomic E-state index is -3.50. The molecule has 0 saturated carbocycles. The molecule has 2 aromatic carbocycles. The van der Waals surface area contributed by atoms with E-state index in [1.165, 1.54) is 15.4 Å². The number of hydrogen-bond donors (Lipinski definition) is 1. The van der Waals surface area contributed by atoms with Crippen LogP contribution in [0.1, 0.15) is 44.2 Å². The van der Waals surface area contributed by atoms with Crippen LogP contribution in [0.4, 0.5) is 5.69 Å². The highest BCUT2D eigenvalue weighted by Crippen LogP contribution is 2.35. The summed E-state index contributed by atoms with van der Waals surface area (Å²) < 4.78 is 32.1. The summed E-state index contributed by atoms with van der Waals surface area (Å²) >= 11 is 0. The summed E-state index contributed by atoms with van der Waals surface area (Å²) in [5.74, 6) is 0.586. The lowest BCUT2D eigenvalue weighted by Crippen LogP contribution is -2.51. The van der Waals surface area contributed by atoms with Gasteiger partial charge in [-0.1, -0.05) is 50.2 Å². The van der Waals surface area contributed by atoms with Crippen LogP contribution in [0.15, 0.2) is 48.5 Å². The Kier molecular flexibility index (Phi) is 7.02. The third kappa shape index (κ3) is 5.14. The van der Waals surface area contributed by atoms with Crippen LogP contribution in [0.5, 0.6) is 5.75 Å². The van der Waals surface area contributed by atoms with Crippen LogP contribution in [0.2, 0.25) is 0 Å². The predicted octanol–water partition coefficient (Wildman–Crippen LogP) is 3.48. The van der Waals surface area contributed by atoms with Crippen molar-refractivity contribution in [2.45, 2.75) is 45.6 Å². The van der Waals surface area contributed by atoms with Gasteiger partial charge in [0.05, 0.1) is 18.0 Å². The average molecular weight is 431 g/mol. The van der Waals surface area contributed by atoms with Crippen molar-refractivity contribution in [1.29, 1.82) is 0 Å². The number of ether oxygens (including phenoxy) is 1. The van der Waals surface area contributed by atoms with Crippen LogP contribution in [0, 0.1) is 0 Å². The maximum absolute atomic E-state index is 12.6. The summed E-state index contributed by atoms with van der Waals surface area (Å²) in [5.41, 5.74) is 3.03. The van der Waals surface area contributed by atoms with Crippen molar-refractivity contribution in [2.24, 2.45) is 0 Å². The molecule has 1 heterocycles. The highest BCUT2D eigenvalue weighted by molar-refractivity contribution is 7.92. The van der Waals surface area contributed by atoms with Crippen LogP contribution in [0.3, 0.4) is 0 Å². The second-order valence-electron chi connectivity index (χ2n) is 7.80. The van der Waals surface area contributed by atoms with E-state index in [4.69, 9.17) is 4.74 Å². The van der Waals surface area contributed by atoms with Gasteiger partial charge in [-0.05, 0) is 48.9 Å². The van der Waals surface area contributed by atoms with Crippen LogP contribution in [-0.4, -0.2) is 39.3 Å². The Labute approximate surface area is 179 Å². The zero-order valence-electron chi connectivity index (χ0n) is 17.8. The fourth-order valence-electron chi connectivity index (χ4n) is 3.45. The number of amides is 1. The molecule has 30 heavy (non-hydrogen) atoms. The van der Waals surface area contributed by atoms with Gasteiger partial charge >= 0.3 is 0 Å². The topological polar surface area (TPSA) is 75.7 Å². The maximum atomic E-state index is 12.6. The summed E-state index contributed by atoms with van der Waals surface area (Å²) in [6.45, 7) is 6.42. The molecule has 3 rings (SSSR count). The van der Waals surface area contributed by atoms with Gasteiger partial charge in [0.25, 0.3) is 5.91 Å². The first kappa shape index (κ1) is 22.2. The SMILES string of the molecule is CCS(=O)(=O)N1C[C@H](C(=O)NCCCc2ccc(C(C)C)cc2)Oc2ccccc21. The van der Waals surface area contributed by atoms with Gasteiger partial charge in [-0.3, -0.25) is 9.10 Å². The molecule has 1 atom stereocenters. The maximum Gasteiger partial charge on any atom is 0.263 e. The van der Waals surface area contributed by atoms with E-state index in [-0.39, 0.29) is 18.2 Å². The number of aryl methyl sites for hydroxylation is 1. The van der Waals surface area contributed by atoms with E-state index in [1.54, 1.807) is 31.2 Å². The van der Waals surface area contributed by atoms with E-state index in [0.29, 0.717) is 23.9 Å². The van der Waals surface area contributed by atoms with Crippen LogP contribution < -0.4 is 14.4 Å². The Bertz CT molecular complexity index is 971. The minimum absolute atomic E-state index is 0.0182. The normalized spacial score (nSPS) is 16.1. The van der Waals surface area contributed by atoms with Crippen molar-refractivity contribution < 1.29 is 17.9 Å². The van der Waals surface area contributed by atoms with E-state index < -0.39 is 16.1 Å². The highest BCUT2D eigenvalue weighted by Gasteiger charge is 2.35. The number of benzene rings is 2. The van der Waals surface area contributed by atoms with E-state index in [2.05, 4.69) is 43.4 Å². The summed E-state index contributed by atoms with van der Waals surface area (Å²) in [6, 6.07) is 15.5. The second-order valence-corrected chi connectivity index (χ2v) is 9.98. The number of rotatable bonds is 8. The monoisotopic (exact) mass is 430 g/mol. The molecule has 0 spiro atoms. The minimum Gasteiger partial charge on any atom is -0.476 e. The Morgan fingerprint density at radius 2 is 1.87 bits per heavy atom. The largest absolute Gasteiger partial charge is 0.476 e. The third-order valence-corrected chi connectivity index (χ3v) is 7.06. The third-order valence-electron chi connectivity index (χ3n) is 5.32. The molecule has 0 unspecified atom stereocenters. The van der Waals surface area contributed by atoms with Crippen molar-refractivity contribution >= 4 is 21.6 Å². The quantitative estimate of drug-likeness (QED) is 0.651. The summed E-state index contributed by atoms with van der Waals surface area (Å²) in [4.78, 5) is 12.6. The number of carbonyl (C=O) groups is 1. The number of carbonyl (C=O) groups excluding carboxylic acids is 1. The molecule has 2 aromatic rings. The molecule has 0 aromatic heterocycles. The molecule has 6 nitrogen and oxygen atoms in total. The van der Waals surface area contributed by atoms with E-state index in [9.17, 15) is 13.2 Å². The summed E-state index contributed by atoms with van der Waals surface area (Å²) in [5, 5.41) is 2.89. The first-order chi connectivity index (χ1) is 14.3. The molecule has 0 radical (unpaired) electrons.